The van der Waals surface area contributed by atoms with Crippen LogP contribution in [-0.4, -0.2) is 4.98 Å². The number of aryl methyl sites for hydroxylation is 1. The summed E-state index contributed by atoms with van der Waals surface area (Å²) in [5.41, 5.74) is 6.53. The Morgan fingerprint density at radius 1 is 1.38 bits per heavy atom. The number of benzene rings is 1. The van der Waals surface area contributed by atoms with Gasteiger partial charge in [-0.2, -0.15) is 0 Å². The first-order valence-electron chi connectivity index (χ1n) is 4.70. The fraction of sp³-hybridized carbons (Fsp3) is 0.182. The fourth-order valence-corrected chi connectivity index (χ4v) is 2.08. The summed E-state index contributed by atoms with van der Waals surface area (Å²) in [4.78, 5) is 4.16. The molecule has 0 radical (unpaired) electrons. The largest absolute Gasteiger partial charge is 0.319 e. The Hall–Kier alpha value is -1.33. The highest BCUT2D eigenvalue weighted by molar-refractivity contribution is 7.09. The van der Waals surface area contributed by atoms with Gasteiger partial charge >= 0.3 is 0 Å². The van der Waals surface area contributed by atoms with Gasteiger partial charge in [-0.15, -0.1) is 11.3 Å². The van der Waals surface area contributed by atoms with E-state index in [1.807, 2.05) is 6.92 Å². The minimum atomic E-state index is -0.722. The van der Waals surface area contributed by atoms with Crippen molar-refractivity contribution in [3.8, 4) is 0 Å². The Morgan fingerprint density at radius 2 is 2.12 bits per heavy atom. The van der Waals surface area contributed by atoms with E-state index in [2.05, 4.69) is 4.98 Å². The van der Waals surface area contributed by atoms with Crippen LogP contribution in [0.15, 0.2) is 23.6 Å². The lowest BCUT2D eigenvalue weighted by atomic mass is 10.0. The number of rotatable bonds is 2. The predicted molar refractivity (Wildman–Crippen MR) is 59.2 cm³/mol. The molecule has 2 rings (SSSR count). The first kappa shape index (κ1) is 11.2. The van der Waals surface area contributed by atoms with Gasteiger partial charge in [0.1, 0.15) is 11.6 Å². The zero-order chi connectivity index (χ0) is 11.7. The Kier molecular flexibility index (Phi) is 2.98. The van der Waals surface area contributed by atoms with Crippen LogP contribution in [0, 0.1) is 18.6 Å². The standard InChI is InChI=1S/C11H10F2N2S/c1-6-15-10(5-16-6)11(14)8-4-7(12)2-3-9(8)13/h2-5,11H,14H2,1H3. The summed E-state index contributed by atoms with van der Waals surface area (Å²) in [5.74, 6) is -1.02. The maximum absolute atomic E-state index is 13.4. The molecule has 0 aliphatic rings. The van der Waals surface area contributed by atoms with Crippen LogP contribution in [0.1, 0.15) is 22.3 Å². The summed E-state index contributed by atoms with van der Waals surface area (Å²) in [7, 11) is 0. The van der Waals surface area contributed by atoms with Crippen LogP contribution in [0.2, 0.25) is 0 Å². The van der Waals surface area contributed by atoms with Gasteiger partial charge in [0.15, 0.2) is 0 Å². The normalized spacial score (nSPS) is 12.8. The van der Waals surface area contributed by atoms with Crippen molar-refractivity contribution in [2.24, 2.45) is 5.73 Å². The first-order valence-corrected chi connectivity index (χ1v) is 5.58. The van der Waals surface area contributed by atoms with Crippen molar-refractivity contribution in [3.63, 3.8) is 0 Å². The Labute approximate surface area is 95.7 Å². The van der Waals surface area contributed by atoms with Gasteiger partial charge in [0.05, 0.1) is 16.7 Å². The monoisotopic (exact) mass is 240 g/mol. The molecular weight excluding hydrogens is 230 g/mol. The highest BCUT2D eigenvalue weighted by Gasteiger charge is 2.16. The van der Waals surface area contributed by atoms with Crippen molar-refractivity contribution in [2.75, 3.05) is 0 Å². The molecule has 84 valence electrons. The van der Waals surface area contributed by atoms with Gasteiger partial charge in [0, 0.05) is 10.9 Å². The third-order valence-corrected chi connectivity index (χ3v) is 3.04. The molecule has 1 atom stereocenters. The van der Waals surface area contributed by atoms with Gasteiger partial charge in [-0.3, -0.25) is 0 Å². The van der Waals surface area contributed by atoms with Crippen molar-refractivity contribution in [1.29, 1.82) is 0 Å². The van der Waals surface area contributed by atoms with Crippen LogP contribution in [0.3, 0.4) is 0 Å². The van der Waals surface area contributed by atoms with E-state index < -0.39 is 17.7 Å². The molecule has 0 fully saturated rings. The maximum Gasteiger partial charge on any atom is 0.128 e. The number of nitrogens with two attached hydrogens (primary N) is 1. The molecule has 0 saturated carbocycles. The van der Waals surface area contributed by atoms with E-state index in [4.69, 9.17) is 5.73 Å². The lowest BCUT2D eigenvalue weighted by Gasteiger charge is -2.10. The number of hydrogen-bond acceptors (Lipinski definition) is 3. The van der Waals surface area contributed by atoms with Gasteiger partial charge in [0.25, 0.3) is 0 Å². The molecule has 2 N–H and O–H groups in total. The van der Waals surface area contributed by atoms with E-state index in [-0.39, 0.29) is 5.56 Å². The molecule has 5 heteroatoms. The third kappa shape index (κ3) is 2.10. The molecule has 2 nitrogen and oxygen atoms in total. The molecule has 1 heterocycles. The van der Waals surface area contributed by atoms with Crippen LogP contribution >= 0.6 is 11.3 Å². The fourth-order valence-electron chi connectivity index (χ4n) is 1.44. The molecular formula is C11H10F2N2S. The molecule has 0 bridgehead atoms. The van der Waals surface area contributed by atoms with E-state index in [0.29, 0.717) is 5.69 Å². The lowest BCUT2D eigenvalue weighted by Crippen LogP contribution is -2.14. The number of nitrogens with zero attached hydrogens (tertiary/aromatic N) is 1. The Morgan fingerprint density at radius 3 is 2.75 bits per heavy atom. The van der Waals surface area contributed by atoms with Crippen LogP contribution in [0.5, 0.6) is 0 Å². The first-order chi connectivity index (χ1) is 7.58. The maximum atomic E-state index is 13.4. The molecule has 0 amide bonds. The van der Waals surface area contributed by atoms with E-state index in [1.54, 1.807) is 5.38 Å². The minimum Gasteiger partial charge on any atom is -0.319 e. The van der Waals surface area contributed by atoms with Crippen molar-refractivity contribution >= 4 is 11.3 Å². The van der Waals surface area contributed by atoms with E-state index >= 15 is 0 Å². The average molecular weight is 240 g/mol. The number of aromatic nitrogens is 1. The summed E-state index contributed by atoms with van der Waals surface area (Å²) < 4.78 is 26.4. The van der Waals surface area contributed by atoms with Gasteiger partial charge in [-0.05, 0) is 25.1 Å². The predicted octanol–water partition coefficient (Wildman–Crippen LogP) is 2.78. The smallest absolute Gasteiger partial charge is 0.128 e. The Bertz CT molecular complexity index is 510. The highest BCUT2D eigenvalue weighted by Crippen LogP contribution is 2.24. The van der Waals surface area contributed by atoms with E-state index in [0.717, 1.165) is 23.2 Å². The second kappa shape index (κ2) is 4.27. The quantitative estimate of drug-likeness (QED) is 0.876. The zero-order valence-electron chi connectivity index (χ0n) is 8.58. The topological polar surface area (TPSA) is 38.9 Å². The number of thiazole rings is 1. The molecule has 16 heavy (non-hydrogen) atoms. The average Bonchev–Trinajstić information content (AvgIpc) is 2.67. The van der Waals surface area contributed by atoms with Crippen LogP contribution in [-0.2, 0) is 0 Å². The summed E-state index contributed by atoms with van der Waals surface area (Å²) in [6.45, 7) is 1.84. The van der Waals surface area contributed by atoms with Gasteiger partial charge in [0.2, 0.25) is 0 Å². The van der Waals surface area contributed by atoms with Crippen molar-refractivity contribution in [3.05, 3.63) is 51.5 Å². The van der Waals surface area contributed by atoms with Crippen LogP contribution in [0.25, 0.3) is 0 Å². The van der Waals surface area contributed by atoms with E-state index in [1.165, 1.54) is 11.3 Å². The van der Waals surface area contributed by atoms with Crippen molar-refractivity contribution < 1.29 is 8.78 Å². The molecule has 2 aromatic rings. The van der Waals surface area contributed by atoms with Gasteiger partial charge in [-0.1, -0.05) is 0 Å². The number of halogens is 2. The van der Waals surface area contributed by atoms with E-state index in [9.17, 15) is 8.78 Å². The SMILES string of the molecule is Cc1nc(C(N)c2cc(F)ccc2F)cs1. The Balaban J connectivity index is 2.40. The van der Waals surface area contributed by atoms with Gasteiger partial charge < -0.3 is 5.73 Å². The van der Waals surface area contributed by atoms with Crippen molar-refractivity contribution in [2.45, 2.75) is 13.0 Å². The molecule has 0 saturated heterocycles. The molecule has 1 aromatic carbocycles. The van der Waals surface area contributed by atoms with Gasteiger partial charge in [-0.25, -0.2) is 13.8 Å². The molecule has 1 aromatic heterocycles. The van der Waals surface area contributed by atoms with Crippen molar-refractivity contribution in [1.82, 2.24) is 4.98 Å². The summed E-state index contributed by atoms with van der Waals surface area (Å²) >= 11 is 1.43. The molecule has 0 aliphatic carbocycles. The lowest BCUT2D eigenvalue weighted by molar-refractivity contribution is 0.575. The number of hydrogen-bond donors (Lipinski definition) is 1. The summed E-state index contributed by atoms with van der Waals surface area (Å²) in [6, 6.07) is 2.52. The highest BCUT2D eigenvalue weighted by atomic mass is 32.1. The van der Waals surface area contributed by atoms with Crippen LogP contribution in [0.4, 0.5) is 8.78 Å². The minimum absolute atomic E-state index is 0.130. The van der Waals surface area contributed by atoms with Crippen LogP contribution < -0.4 is 5.73 Å². The molecule has 1 unspecified atom stereocenters. The zero-order valence-corrected chi connectivity index (χ0v) is 9.39. The second-order valence-corrected chi connectivity index (χ2v) is 4.50. The second-order valence-electron chi connectivity index (χ2n) is 3.43. The summed E-state index contributed by atoms with van der Waals surface area (Å²) in [5, 5.41) is 2.60. The third-order valence-electron chi connectivity index (χ3n) is 2.25. The molecule has 0 aliphatic heterocycles. The summed E-state index contributed by atoms with van der Waals surface area (Å²) in [6.07, 6.45) is 0. The molecule has 0 spiro atoms.